The monoisotopic (exact) mass is 1560 g/mol. The second-order valence-corrected chi connectivity index (χ2v) is 34.5. The molecule has 0 aromatic heterocycles. The Bertz CT molecular complexity index is 2020. The molecule has 0 fully saturated rings. The van der Waals surface area contributed by atoms with E-state index in [0.717, 1.165) is 89.9 Å². The Labute approximate surface area is 658 Å². The van der Waals surface area contributed by atoms with Gasteiger partial charge in [0.2, 0.25) is 0 Å². The highest BCUT2D eigenvalue weighted by atomic mass is 31.2. The maximum Gasteiger partial charge on any atom is 0.472 e. The summed E-state index contributed by atoms with van der Waals surface area (Å²) in [7, 11) is -9.93. The highest BCUT2D eigenvalue weighted by Crippen LogP contribution is 2.45. The lowest BCUT2D eigenvalue weighted by molar-refractivity contribution is -0.161. The van der Waals surface area contributed by atoms with Crippen LogP contribution in [0, 0.1) is 0 Å². The third-order valence-corrected chi connectivity index (χ3v) is 22.8. The molecule has 0 aliphatic carbocycles. The zero-order valence-corrected chi connectivity index (χ0v) is 71.9. The highest BCUT2D eigenvalue weighted by Gasteiger charge is 2.30. The van der Waals surface area contributed by atoms with Gasteiger partial charge in [0.1, 0.15) is 19.3 Å². The summed E-state index contributed by atoms with van der Waals surface area (Å²) in [4.78, 5) is 73.2. The second-order valence-electron chi connectivity index (χ2n) is 31.6. The fourth-order valence-electron chi connectivity index (χ4n) is 13.9. The first-order valence-electron chi connectivity index (χ1n) is 45.8. The van der Waals surface area contributed by atoms with Gasteiger partial charge in [-0.3, -0.25) is 37.3 Å². The lowest BCUT2D eigenvalue weighted by Gasteiger charge is -2.21. The lowest BCUT2D eigenvalue weighted by Crippen LogP contribution is -2.30. The molecule has 0 aromatic carbocycles. The molecule has 0 spiro atoms. The maximum absolute atomic E-state index is 13.2. The first-order chi connectivity index (χ1) is 52.2. The lowest BCUT2D eigenvalue weighted by atomic mass is 10.0. The molecule has 0 aliphatic rings. The number of phosphoric ester groups is 2. The molecule has 0 saturated heterocycles. The summed E-state index contributed by atoms with van der Waals surface area (Å²) in [5, 5.41) is 10.7. The minimum absolute atomic E-state index is 0.109. The van der Waals surface area contributed by atoms with Crippen molar-refractivity contribution >= 4 is 39.5 Å². The van der Waals surface area contributed by atoms with Gasteiger partial charge >= 0.3 is 39.5 Å². The van der Waals surface area contributed by atoms with Crippen LogP contribution in [0.15, 0.2) is 0 Å². The standard InChI is InChI=1S/C88H172O17P2/c1-5-9-13-17-21-25-29-32-35-37-39-41-43-45-47-49-52-55-59-63-67-71-75-88(93)105-84(79-99-86(91)73-69-65-61-57-53-51-48-46-44-42-40-38-36-33-30-26-22-18-14-10-6-2)81-103-107(96,97)101-77-82(89)76-100-106(94,95)102-80-83(78-98-85(90)72-68-64-60-56-28-24-20-16-12-8-4)104-87(92)74-70-66-62-58-54-50-34-31-27-23-19-15-11-7-3/h82-84,89H,5-81H2,1-4H3,(H,94,95)(H,96,97)/t82-,83+,84+/m0/s1. The summed E-state index contributed by atoms with van der Waals surface area (Å²) < 4.78 is 68.9. The second kappa shape index (κ2) is 82.1. The Balaban J connectivity index is 5.19. The van der Waals surface area contributed by atoms with Crippen LogP contribution < -0.4 is 0 Å². The predicted octanol–water partition coefficient (Wildman–Crippen LogP) is 27.3. The van der Waals surface area contributed by atoms with Crippen LogP contribution in [0.2, 0.25) is 0 Å². The van der Waals surface area contributed by atoms with Crippen LogP contribution in [0.5, 0.6) is 0 Å². The summed E-state index contributed by atoms with van der Waals surface area (Å²) in [6.45, 7) is 5.05. The van der Waals surface area contributed by atoms with Crippen molar-refractivity contribution in [1.29, 1.82) is 0 Å². The van der Waals surface area contributed by atoms with E-state index < -0.39 is 97.5 Å². The van der Waals surface area contributed by atoms with Crippen molar-refractivity contribution in [2.24, 2.45) is 0 Å². The summed E-state index contributed by atoms with van der Waals surface area (Å²) >= 11 is 0. The molecule has 0 amide bonds. The minimum Gasteiger partial charge on any atom is -0.462 e. The van der Waals surface area contributed by atoms with E-state index >= 15 is 0 Å². The maximum atomic E-state index is 13.2. The van der Waals surface area contributed by atoms with Gasteiger partial charge in [0, 0.05) is 25.7 Å². The molecule has 107 heavy (non-hydrogen) atoms. The minimum atomic E-state index is -4.97. The van der Waals surface area contributed by atoms with E-state index in [1.165, 1.54) is 315 Å². The van der Waals surface area contributed by atoms with E-state index in [9.17, 15) is 43.2 Å². The van der Waals surface area contributed by atoms with Crippen molar-refractivity contribution in [2.45, 2.75) is 502 Å². The van der Waals surface area contributed by atoms with Crippen molar-refractivity contribution in [3.8, 4) is 0 Å². The summed E-state index contributed by atoms with van der Waals surface area (Å²) in [5.74, 6) is -2.10. The molecule has 0 aromatic rings. The van der Waals surface area contributed by atoms with E-state index in [-0.39, 0.29) is 25.7 Å². The molecule has 0 bridgehead atoms. The molecule has 5 atom stereocenters. The van der Waals surface area contributed by atoms with Crippen molar-refractivity contribution < 1.29 is 80.2 Å². The number of hydrogen-bond donors (Lipinski definition) is 3. The van der Waals surface area contributed by atoms with E-state index in [1.54, 1.807) is 0 Å². The van der Waals surface area contributed by atoms with Crippen molar-refractivity contribution in [3.05, 3.63) is 0 Å². The van der Waals surface area contributed by atoms with Gasteiger partial charge < -0.3 is 33.8 Å². The van der Waals surface area contributed by atoms with Gasteiger partial charge in [-0.05, 0) is 25.7 Å². The molecule has 0 heterocycles. The zero-order valence-electron chi connectivity index (χ0n) is 70.1. The smallest absolute Gasteiger partial charge is 0.462 e. The quantitative estimate of drug-likeness (QED) is 0.0222. The Hall–Kier alpha value is -1.94. The number of hydrogen-bond acceptors (Lipinski definition) is 15. The van der Waals surface area contributed by atoms with Crippen LogP contribution in [0.3, 0.4) is 0 Å². The van der Waals surface area contributed by atoms with Gasteiger partial charge in [0.25, 0.3) is 0 Å². The van der Waals surface area contributed by atoms with Crippen molar-refractivity contribution in [2.75, 3.05) is 39.6 Å². The topological polar surface area (TPSA) is 237 Å². The molecule has 0 aliphatic heterocycles. The number of phosphoric acid groups is 2. The normalized spacial score (nSPS) is 13.7. The molecule has 17 nitrogen and oxygen atoms in total. The van der Waals surface area contributed by atoms with Gasteiger partial charge in [-0.1, -0.05) is 432 Å². The van der Waals surface area contributed by atoms with Crippen LogP contribution >= 0.6 is 15.6 Å². The molecule has 2 unspecified atom stereocenters. The van der Waals surface area contributed by atoms with Gasteiger partial charge in [-0.25, -0.2) is 9.13 Å². The number of carbonyl (C=O) groups excluding carboxylic acids is 4. The Morgan fingerprint density at radius 3 is 0.551 bits per heavy atom. The number of rotatable bonds is 89. The fourth-order valence-corrected chi connectivity index (χ4v) is 15.5. The number of aliphatic hydroxyl groups is 1. The third-order valence-electron chi connectivity index (χ3n) is 20.9. The molecule has 0 saturated carbocycles. The van der Waals surface area contributed by atoms with Crippen LogP contribution in [0.25, 0.3) is 0 Å². The third kappa shape index (κ3) is 81.9. The van der Waals surface area contributed by atoms with E-state index in [4.69, 9.17) is 37.0 Å². The average Bonchev–Trinajstić information content (AvgIpc) is 0.902. The molecule has 3 N–H and O–H groups in total. The number of aliphatic hydroxyl groups excluding tert-OH is 1. The van der Waals surface area contributed by atoms with Crippen molar-refractivity contribution in [1.82, 2.24) is 0 Å². The van der Waals surface area contributed by atoms with Crippen molar-refractivity contribution in [3.63, 3.8) is 0 Å². The van der Waals surface area contributed by atoms with E-state index in [2.05, 4.69) is 27.7 Å². The fraction of sp³-hybridized carbons (Fsp3) is 0.955. The molecule has 0 rings (SSSR count). The Kier molecular flexibility index (Phi) is 80.6. The first-order valence-corrected chi connectivity index (χ1v) is 48.8. The molecular formula is C88H172O17P2. The van der Waals surface area contributed by atoms with E-state index in [1.807, 2.05) is 0 Å². The molecular weight excluding hydrogens is 1390 g/mol. The highest BCUT2D eigenvalue weighted by molar-refractivity contribution is 7.47. The number of esters is 4. The Morgan fingerprint density at radius 2 is 0.374 bits per heavy atom. The number of ether oxygens (including phenoxy) is 4. The van der Waals surface area contributed by atoms with Crippen LogP contribution in [0.4, 0.5) is 0 Å². The van der Waals surface area contributed by atoms with Crippen LogP contribution in [-0.2, 0) is 65.4 Å². The SMILES string of the molecule is CCCCCCCCCCCCCCCCCCCCCCCCC(=O)O[C@H](COC(=O)CCCCCCCCCCCCCCCCCCCCCCC)COP(=O)(O)OC[C@@H](O)COP(=O)(O)OC[C@@H](COC(=O)CCCCCCCCCCCC)OC(=O)CCCCCCCCCCCCCCCC. The van der Waals surface area contributed by atoms with Crippen LogP contribution in [0.1, 0.15) is 484 Å². The van der Waals surface area contributed by atoms with Gasteiger partial charge in [-0.15, -0.1) is 0 Å². The first kappa shape index (κ1) is 105. The van der Waals surface area contributed by atoms with Crippen LogP contribution in [-0.4, -0.2) is 96.7 Å². The molecule has 636 valence electrons. The van der Waals surface area contributed by atoms with E-state index in [0.29, 0.717) is 25.7 Å². The molecule has 19 heteroatoms. The summed E-state index contributed by atoms with van der Waals surface area (Å²) in [6.07, 6.45) is 77.9. The summed E-state index contributed by atoms with van der Waals surface area (Å²) in [5.41, 5.74) is 0. The zero-order chi connectivity index (χ0) is 78.1. The van der Waals surface area contributed by atoms with Gasteiger partial charge in [-0.2, -0.15) is 0 Å². The Morgan fingerprint density at radius 1 is 0.224 bits per heavy atom. The van der Waals surface area contributed by atoms with Gasteiger partial charge in [0.15, 0.2) is 12.2 Å². The largest absolute Gasteiger partial charge is 0.472 e. The predicted molar refractivity (Wildman–Crippen MR) is 442 cm³/mol. The average molecular weight is 1560 g/mol. The summed E-state index contributed by atoms with van der Waals surface area (Å²) in [6, 6.07) is 0. The number of unbranched alkanes of at least 4 members (excludes halogenated alkanes) is 63. The molecule has 0 radical (unpaired) electrons. The van der Waals surface area contributed by atoms with Gasteiger partial charge in [0.05, 0.1) is 26.4 Å². The number of carbonyl (C=O) groups is 4.